The summed E-state index contributed by atoms with van der Waals surface area (Å²) in [5.41, 5.74) is 6.18. The molecular formula is C7H11BrMgN+. The number of hydrogen-bond acceptors (Lipinski definition) is 1. The van der Waals surface area contributed by atoms with E-state index in [1.807, 2.05) is 30.3 Å². The summed E-state index contributed by atoms with van der Waals surface area (Å²) in [6.07, 6.45) is 0. The summed E-state index contributed by atoms with van der Waals surface area (Å²) in [6.45, 7) is 0. The van der Waals surface area contributed by atoms with Gasteiger partial charge in [-0.15, -0.1) is 17.0 Å². The molecule has 0 aliphatic heterocycles. The maximum atomic E-state index is 5.36. The Bertz CT molecular complexity index is 144. The van der Waals surface area contributed by atoms with Crippen molar-refractivity contribution in [3.05, 3.63) is 37.8 Å². The molecule has 0 aliphatic carbocycles. The maximum absolute atomic E-state index is 5.36. The number of anilines is 1. The van der Waals surface area contributed by atoms with E-state index in [4.69, 9.17) is 5.73 Å². The van der Waals surface area contributed by atoms with Crippen LogP contribution in [0.5, 0.6) is 0 Å². The molecule has 0 saturated carbocycles. The topological polar surface area (TPSA) is 26.0 Å². The summed E-state index contributed by atoms with van der Waals surface area (Å²) < 4.78 is 0. The summed E-state index contributed by atoms with van der Waals surface area (Å²) in [6, 6.07) is 9.49. The summed E-state index contributed by atoms with van der Waals surface area (Å²) >= 11 is 0. The molecule has 3 heteroatoms. The molecule has 0 aromatic heterocycles. The molecule has 2 N–H and O–H groups in total. The summed E-state index contributed by atoms with van der Waals surface area (Å²) in [5.74, 6) is 0. The first-order valence-electron chi connectivity index (χ1n) is 2.20. The van der Waals surface area contributed by atoms with Gasteiger partial charge in [0, 0.05) is 5.69 Å². The van der Waals surface area contributed by atoms with Gasteiger partial charge in [-0.05, 0) is 12.1 Å². The number of benzene rings is 1. The first-order chi connectivity index (χ1) is 3.39. The van der Waals surface area contributed by atoms with E-state index in [2.05, 4.69) is 0 Å². The van der Waals surface area contributed by atoms with E-state index < -0.39 is 0 Å². The fourth-order valence-corrected chi connectivity index (χ4v) is 0.453. The minimum atomic E-state index is 0. The fourth-order valence-electron chi connectivity index (χ4n) is 0.453. The second kappa shape index (κ2) is 9.27. The summed E-state index contributed by atoms with van der Waals surface area (Å²) in [7, 11) is 0. The van der Waals surface area contributed by atoms with Gasteiger partial charge >= 0.3 is 23.1 Å². The number of para-hydroxylation sites is 1. The van der Waals surface area contributed by atoms with Crippen molar-refractivity contribution in [2.45, 2.75) is 0 Å². The average molecular weight is 213 g/mol. The van der Waals surface area contributed by atoms with Crippen molar-refractivity contribution in [2.75, 3.05) is 5.73 Å². The molecular weight excluding hydrogens is 202 g/mol. The van der Waals surface area contributed by atoms with Gasteiger partial charge in [-0.1, -0.05) is 18.2 Å². The average Bonchev–Trinajstić information content (AvgIpc) is 1.69. The SMILES string of the molecule is Br.Nc1ccccc1.[CH3-].[Mg+2]. The molecule has 0 amide bonds. The molecule has 0 bridgehead atoms. The Kier molecular flexibility index (Phi) is 15.5. The van der Waals surface area contributed by atoms with Gasteiger partial charge in [-0.25, -0.2) is 0 Å². The standard InChI is InChI=1S/C6H7N.CH3.BrH.Mg/c7-6-4-2-1-3-5-6;;;/h1-5H,7H2;1H3;1H;/q;-1;;+2. The van der Waals surface area contributed by atoms with E-state index in [1.165, 1.54) is 0 Å². The van der Waals surface area contributed by atoms with Crippen LogP contribution in [0.25, 0.3) is 0 Å². The fraction of sp³-hybridized carbons (Fsp3) is 0. The van der Waals surface area contributed by atoms with Crippen molar-refractivity contribution < 1.29 is 0 Å². The predicted molar refractivity (Wildman–Crippen MR) is 53.3 cm³/mol. The minimum Gasteiger partial charge on any atom is -0.399 e. The van der Waals surface area contributed by atoms with E-state index >= 15 is 0 Å². The van der Waals surface area contributed by atoms with Gasteiger partial charge < -0.3 is 13.2 Å². The zero-order valence-electron chi connectivity index (χ0n) is 6.08. The molecule has 0 atom stereocenters. The Morgan fingerprint density at radius 3 is 1.60 bits per heavy atom. The molecule has 0 unspecified atom stereocenters. The normalized spacial score (nSPS) is 6.00. The molecule has 1 aromatic carbocycles. The van der Waals surface area contributed by atoms with Crippen LogP contribution >= 0.6 is 17.0 Å². The number of halogens is 1. The monoisotopic (exact) mass is 212 g/mol. The maximum Gasteiger partial charge on any atom is 2.00 e. The Morgan fingerprint density at radius 2 is 1.40 bits per heavy atom. The molecule has 0 radical (unpaired) electrons. The van der Waals surface area contributed by atoms with E-state index in [9.17, 15) is 0 Å². The Labute approximate surface area is 88.9 Å². The van der Waals surface area contributed by atoms with Crippen LogP contribution in [0.1, 0.15) is 0 Å². The smallest absolute Gasteiger partial charge is 0.399 e. The number of hydrogen-bond donors (Lipinski definition) is 1. The van der Waals surface area contributed by atoms with Gasteiger partial charge in [0.2, 0.25) is 0 Å². The zero-order valence-corrected chi connectivity index (χ0v) is 9.21. The van der Waals surface area contributed by atoms with Crippen LogP contribution < -0.4 is 5.73 Å². The molecule has 0 spiro atoms. The van der Waals surface area contributed by atoms with E-state index in [-0.39, 0.29) is 47.5 Å². The zero-order chi connectivity index (χ0) is 5.11. The van der Waals surface area contributed by atoms with Crippen LogP contribution in [0, 0.1) is 7.43 Å². The number of nitrogen functional groups attached to an aromatic ring is 1. The van der Waals surface area contributed by atoms with E-state index in [1.54, 1.807) is 0 Å². The third-order valence-corrected chi connectivity index (χ3v) is 0.800. The van der Waals surface area contributed by atoms with Crippen LogP contribution in [0.2, 0.25) is 0 Å². The molecule has 0 saturated heterocycles. The third kappa shape index (κ3) is 6.39. The second-order valence-corrected chi connectivity index (χ2v) is 1.41. The summed E-state index contributed by atoms with van der Waals surface area (Å²) in [5, 5.41) is 0. The largest absolute Gasteiger partial charge is 2.00 e. The summed E-state index contributed by atoms with van der Waals surface area (Å²) in [4.78, 5) is 0. The first kappa shape index (κ1) is 16.7. The predicted octanol–water partition coefficient (Wildman–Crippen LogP) is 1.92. The van der Waals surface area contributed by atoms with Gasteiger partial charge in [0.05, 0.1) is 0 Å². The number of nitrogens with two attached hydrogens (primary N) is 1. The quantitative estimate of drug-likeness (QED) is 0.398. The molecule has 1 aromatic rings. The Hall–Kier alpha value is 0.266. The van der Waals surface area contributed by atoms with Crippen molar-refractivity contribution in [1.29, 1.82) is 0 Å². The Balaban J connectivity index is -0.000000163. The van der Waals surface area contributed by atoms with Crippen molar-refractivity contribution >= 4 is 45.7 Å². The number of rotatable bonds is 0. The van der Waals surface area contributed by atoms with Crippen molar-refractivity contribution in [3.63, 3.8) is 0 Å². The van der Waals surface area contributed by atoms with Gasteiger partial charge in [0.15, 0.2) is 0 Å². The van der Waals surface area contributed by atoms with Crippen LogP contribution in [0.15, 0.2) is 30.3 Å². The third-order valence-electron chi connectivity index (χ3n) is 0.800. The molecule has 1 rings (SSSR count). The van der Waals surface area contributed by atoms with Gasteiger partial charge in [0.25, 0.3) is 0 Å². The van der Waals surface area contributed by atoms with Crippen molar-refractivity contribution in [2.24, 2.45) is 0 Å². The molecule has 52 valence electrons. The van der Waals surface area contributed by atoms with Gasteiger partial charge in [-0.2, -0.15) is 0 Å². The van der Waals surface area contributed by atoms with Crippen LogP contribution in [0.4, 0.5) is 5.69 Å². The Morgan fingerprint density at radius 1 is 1.00 bits per heavy atom. The van der Waals surface area contributed by atoms with Crippen LogP contribution in [0.3, 0.4) is 0 Å². The van der Waals surface area contributed by atoms with Crippen LogP contribution in [-0.4, -0.2) is 23.1 Å². The molecule has 0 heterocycles. The minimum absolute atomic E-state index is 0. The van der Waals surface area contributed by atoms with Crippen LogP contribution in [-0.2, 0) is 0 Å². The van der Waals surface area contributed by atoms with Crippen molar-refractivity contribution in [3.8, 4) is 0 Å². The molecule has 0 fully saturated rings. The molecule has 10 heavy (non-hydrogen) atoms. The second-order valence-electron chi connectivity index (χ2n) is 1.41. The van der Waals surface area contributed by atoms with Gasteiger partial charge in [0.1, 0.15) is 0 Å². The van der Waals surface area contributed by atoms with Crippen molar-refractivity contribution in [1.82, 2.24) is 0 Å². The van der Waals surface area contributed by atoms with E-state index in [0.29, 0.717) is 0 Å². The molecule has 0 aliphatic rings. The first-order valence-corrected chi connectivity index (χ1v) is 2.20. The van der Waals surface area contributed by atoms with E-state index in [0.717, 1.165) is 5.69 Å². The van der Waals surface area contributed by atoms with Gasteiger partial charge in [-0.3, -0.25) is 0 Å². The molecule has 1 nitrogen and oxygen atoms in total.